The van der Waals surface area contributed by atoms with E-state index in [1.807, 2.05) is 6.92 Å². The van der Waals surface area contributed by atoms with Crippen molar-refractivity contribution in [3.8, 4) is 0 Å². The maximum absolute atomic E-state index is 12.6. The number of esters is 2. The van der Waals surface area contributed by atoms with Crippen molar-refractivity contribution in [1.82, 2.24) is 0 Å². The van der Waals surface area contributed by atoms with Crippen molar-refractivity contribution in [2.75, 3.05) is 13.7 Å². The fourth-order valence-electron chi connectivity index (χ4n) is 9.92. The fourth-order valence-corrected chi connectivity index (χ4v) is 9.92. The second-order valence-corrected chi connectivity index (χ2v) is 20.7. The molecule has 0 aromatic heterocycles. The SMILES string of the molecule is CCCC(CCCCCCCCCC(=O)OC)OC1OC(C)C(O)C(O)C1OC1OC(C)C(OC2OC(C)C(OC3OC(C)C(OC(=O)C(C)CC)C(O)C3O)C(OC3OC(CO)C(O)C(O)C3O)C2O)C(O)C1O. The lowest BCUT2D eigenvalue weighted by atomic mass is 9.95. The highest BCUT2D eigenvalue weighted by Gasteiger charge is 2.57. The van der Waals surface area contributed by atoms with Crippen molar-refractivity contribution in [3.63, 3.8) is 0 Å². The van der Waals surface area contributed by atoms with Crippen LogP contribution in [0.25, 0.3) is 0 Å². The lowest BCUT2D eigenvalue weighted by Gasteiger charge is -2.50. The van der Waals surface area contributed by atoms with Crippen molar-refractivity contribution in [1.29, 1.82) is 0 Å². The monoisotopic (exact) mass is 1090 g/mol. The number of aliphatic hydroxyl groups excluding tert-OH is 11. The van der Waals surface area contributed by atoms with E-state index >= 15 is 0 Å². The highest BCUT2D eigenvalue weighted by molar-refractivity contribution is 5.72. The van der Waals surface area contributed by atoms with Crippen LogP contribution in [-0.4, -0.2) is 241 Å². The van der Waals surface area contributed by atoms with Gasteiger partial charge in [0.05, 0.1) is 50.2 Å². The van der Waals surface area contributed by atoms with Crippen LogP contribution in [-0.2, 0) is 66.4 Å². The van der Waals surface area contributed by atoms with Crippen LogP contribution in [0, 0.1) is 5.92 Å². The highest BCUT2D eigenvalue weighted by Crippen LogP contribution is 2.37. The Morgan fingerprint density at radius 2 is 0.947 bits per heavy atom. The van der Waals surface area contributed by atoms with Gasteiger partial charge in [0.15, 0.2) is 37.6 Å². The van der Waals surface area contributed by atoms with Crippen molar-refractivity contribution in [2.24, 2.45) is 5.92 Å². The third-order valence-corrected chi connectivity index (χ3v) is 14.9. The predicted octanol–water partition coefficient (Wildman–Crippen LogP) is -1.34. The van der Waals surface area contributed by atoms with Gasteiger partial charge in [-0.05, 0) is 53.4 Å². The normalized spacial score (nSPS) is 43.4. The van der Waals surface area contributed by atoms with E-state index < -0.39 is 172 Å². The molecule has 11 N–H and O–H groups in total. The van der Waals surface area contributed by atoms with Gasteiger partial charge in [-0.3, -0.25) is 9.59 Å². The molecule has 25 heteroatoms. The number of carbonyl (C=O) groups excluding carboxylic acids is 2. The summed E-state index contributed by atoms with van der Waals surface area (Å²) in [6.07, 6.45) is -30.2. The summed E-state index contributed by atoms with van der Waals surface area (Å²) in [4.78, 5) is 24.0. The van der Waals surface area contributed by atoms with Crippen LogP contribution in [0.5, 0.6) is 0 Å². The molecule has 0 radical (unpaired) electrons. The molecule has 5 rings (SSSR count). The quantitative estimate of drug-likeness (QED) is 0.0353. The van der Waals surface area contributed by atoms with E-state index in [0.717, 1.165) is 51.4 Å². The molecular formula is C50H88O25. The highest BCUT2D eigenvalue weighted by atomic mass is 16.8. The van der Waals surface area contributed by atoms with Crippen LogP contribution in [0.3, 0.4) is 0 Å². The number of hydrogen-bond donors (Lipinski definition) is 11. The Hall–Kier alpha value is -1.90. The molecule has 0 bridgehead atoms. The first-order chi connectivity index (χ1) is 35.6. The van der Waals surface area contributed by atoms with Crippen molar-refractivity contribution in [2.45, 2.75) is 285 Å². The molecule has 5 fully saturated rings. The van der Waals surface area contributed by atoms with Gasteiger partial charge in [-0.25, -0.2) is 0 Å². The molecule has 5 aliphatic rings. The summed E-state index contributed by atoms with van der Waals surface area (Å²) in [5, 5.41) is 122. The second kappa shape index (κ2) is 30.1. The van der Waals surface area contributed by atoms with E-state index in [0.29, 0.717) is 25.7 Å². The standard InChI is InChI=1S/C50H88O25/c1-9-18-27(19-16-14-12-11-13-15-17-20-29(52)64-8)69-50-44(33(56)30(53)23(4)65-50)75-47-38(61)35(58)41(25(6)67-47)72-49-39(62)43(74-48-36(59)32(55)31(54)28(21-51)70-48)42(26(7)68-49)73-46-37(60)34(57)40(24(5)66-46)71-45(63)22(3)10-2/h22-28,30-44,46-51,53-62H,9-21H2,1-8H3. The first-order valence-electron chi connectivity index (χ1n) is 26.8. The summed E-state index contributed by atoms with van der Waals surface area (Å²) in [6.45, 7) is 10.5. The van der Waals surface area contributed by atoms with E-state index in [1.54, 1.807) is 20.8 Å². The Kier molecular flexibility index (Phi) is 25.6. The summed E-state index contributed by atoms with van der Waals surface area (Å²) < 4.78 is 70.7. The van der Waals surface area contributed by atoms with Crippen LogP contribution in [0.15, 0.2) is 0 Å². The van der Waals surface area contributed by atoms with Gasteiger partial charge in [-0.15, -0.1) is 0 Å². The average molecular weight is 1090 g/mol. The predicted molar refractivity (Wildman–Crippen MR) is 255 cm³/mol. The van der Waals surface area contributed by atoms with Crippen LogP contribution < -0.4 is 0 Å². The number of ether oxygens (including phenoxy) is 12. The van der Waals surface area contributed by atoms with E-state index in [9.17, 15) is 65.8 Å². The minimum atomic E-state index is -1.98. The number of rotatable bonds is 26. The summed E-state index contributed by atoms with van der Waals surface area (Å²) in [5.41, 5.74) is 0. The zero-order valence-electron chi connectivity index (χ0n) is 44.4. The van der Waals surface area contributed by atoms with Crippen LogP contribution in [0.1, 0.15) is 126 Å². The molecule has 25 nitrogen and oxygen atoms in total. The van der Waals surface area contributed by atoms with Crippen LogP contribution >= 0.6 is 0 Å². The Bertz CT molecular complexity index is 1680. The molecule has 75 heavy (non-hydrogen) atoms. The van der Waals surface area contributed by atoms with Gasteiger partial charge < -0.3 is 113 Å². The molecule has 0 amide bonds. The number of carbonyl (C=O) groups is 2. The molecule has 0 aromatic rings. The van der Waals surface area contributed by atoms with Gasteiger partial charge in [0, 0.05) is 6.42 Å². The van der Waals surface area contributed by atoms with E-state index in [2.05, 4.69) is 0 Å². The second-order valence-electron chi connectivity index (χ2n) is 20.7. The lowest BCUT2D eigenvalue weighted by Crippen LogP contribution is -2.67. The summed E-state index contributed by atoms with van der Waals surface area (Å²) in [7, 11) is 1.38. The third-order valence-electron chi connectivity index (χ3n) is 14.9. The average Bonchev–Trinajstić information content (AvgIpc) is 3.38. The molecule has 5 saturated heterocycles. The van der Waals surface area contributed by atoms with Gasteiger partial charge in [0.1, 0.15) is 91.6 Å². The molecule has 5 heterocycles. The van der Waals surface area contributed by atoms with Gasteiger partial charge in [-0.2, -0.15) is 0 Å². The Morgan fingerprint density at radius 3 is 1.53 bits per heavy atom. The van der Waals surface area contributed by atoms with Gasteiger partial charge in [0.25, 0.3) is 0 Å². The molecule has 27 unspecified atom stereocenters. The summed E-state index contributed by atoms with van der Waals surface area (Å²) in [5.74, 6) is -1.36. The number of unbranched alkanes of at least 4 members (excludes halogenated alkanes) is 6. The van der Waals surface area contributed by atoms with Gasteiger partial charge in [0.2, 0.25) is 0 Å². The van der Waals surface area contributed by atoms with E-state index in [1.165, 1.54) is 27.9 Å². The first kappa shape index (κ1) is 63.9. The number of methoxy groups -OCH3 is 1. The van der Waals surface area contributed by atoms with Crippen LogP contribution in [0.2, 0.25) is 0 Å². The molecule has 438 valence electrons. The topological polar surface area (TPSA) is 367 Å². The van der Waals surface area contributed by atoms with Gasteiger partial charge >= 0.3 is 11.9 Å². The molecule has 27 atom stereocenters. The third kappa shape index (κ3) is 16.4. The zero-order chi connectivity index (χ0) is 55.4. The van der Waals surface area contributed by atoms with E-state index in [4.69, 9.17) is 56.8 Å². The van der Waals surface area contributed by atoms with Crippen LogP contribution in [0.4, 0.5) is 0 Å². The molecular weight excluding hydrogens is 1000 g/mol. The molecule has 5 aliphatic heterocycles. The summed E-state index contributed by atoms with van der Waals surface area (Å²) in [6, 6.07) is 0. The smallest absolute Gasteiger partial charge is 0.309 e. The molecule has 0 aliphatic carbocycles. The molecule has 0 spiro atoms. The number of aliphatic hydroxyl groups is 11. The maximum atomic E-state index is 12.6. The fraction of sp³-hybridized carbons (Fsp3) is 0.960. The number of hydrogen-bond acceptors (Lipinski definition) is 25. The van der Waals surface area contributed by atoms with E-state index in [-0.39, 0.29) is 12.1 Å². The van der Waals surface area contributed by atoms with Crippen molar-refractivity contribution in [3.05, 3.63) is 0 Å². The Labute approximate surface area is 438 Å². The Morgan fingerprint density at radius 1 is 0.480 bits per heavy atom. The Balaban J connectivity index is 1.27. The minimum absolute atomic E-state index is 0.211. The lowest BCUT2D eigenvalue weighted by molar-refractivity contribution is -0.400. The molecule has 0 saturated carbocycles. The van der Waals surface area contributed by atoms with Crippen molar-refractivity contribution >= 4 is 11.9 Å². The first-order valence-corrected chi connectivity index (χ1v) is 26.8. The van der Waals surface area contributed by atoms with Crippen molar-refractivity contribution < 1.29 is 123 Å². The minimum Gasteiger partial charge on any atom is -0.469 e. The van der Waals surface area contributed by atoms with Gasteiger partial charge in [-0.1, -0.05) is 65.7 Å². The molecule has 0 aromatic carbocycles. The largest absolute Gasteiger partial charge is 0.469 e. The summed E-state index contributed by atoms with van der Waals surface area (Å²) >= 11 is 0. The zero-order valence-corrected chi connectivity index (χ0v) is 44.4. The maximum Gasteiger partial charge on any atom is 0.309 e.